The standard InChI is InChI=1S/C46H59N9O5S/c1-47-44(49-32-56)35(10-9-33-5-2-3-6-33)29-48-37-17-21-54(22-18-37)61(60)40-8-4-7-38(28-40)53-25-23-51(24-26-53)30-34-15-19-52(20-16-34)39-11-12-41-36(27-39)31-55(46(41)59)42-13-14-43(57)50-45(42)58/h4,7-12,27-29,32-34,37,42H,1-3,5-6,13-26,30-31H2,(H,49,56)(H,50,57,58)/b10-9-,44-35+,48-29?. The molecule has 0 bridgehead atoms. The second-order valence-electron chi connectivity index (χ2n) is 17.3. The molecule has 2 aromatic rings. The zero-order valence-corrected chi connectivity index (χ0v) is 35.9. The maximum Gasteiger partial charge on any atom is 0.255 e. The van der Waals surface area contributed by atoms with Crippen LogP contribution in [0, 0.1) is 11.8 Å². The number of carbonyl (C=O) groups is 4. The monoisotopic (exact) mass is 849 g/mol. The predicted octanol–water partition coefficient (Wildman–Crippen LogP) is 4.45. The fraction of sp³-hybridized carbons (Fsp3) is 0.522. The smallest absolute Gasteiger partial charge is 0.255 e. The number of amides is 4. The van der Waals surface area contributed by atoms with E-state index < -0.39 is 17.0 Å². The third-order valence-corrected chi connectivity index (χ3v) is 14.9. The van der Waals surface area contributed by atoms with E-state index in [9.17, 15) is 23.4 Å². The SMILES string of the molecule is C=N/C(NC=O)=C(C=NC1CCN(S(=O)c2cccc(N3CCN(CC4CCN(c5ccc6c(c5)CN(C5CCC(=O)NC5=O)C6=O)CC4)CC3)c2)CC1)/C=C\C1CCCC1. The van der Waals surface area contributed by atoms with E-state index in [4.69, 9.17) is 4.99 Å². The predicted molar refractivity (Wildman–Crippen MR) is 239 cm³/mol. The first kappa shape index (κ1) is 42.7. The summed E-state index contributed by atoms with van der Waals surface area (Å²) in [6.45, 7) is 12.3. The first-order valence-corrected chi connectivity index (χ1v) is 23.3. The van der Waals surface area contributed by atoms with Gasteiger partial charge in [-0.1, -0.05) is 31.1 Å². The van der Waals surface area contributed by atoms with Crippen LogP contribution in [0.5, 0.6) is 0 Å². The largest absolute Gasteiger partial charge is 0.372 e. The highest BCUT2D eigenvalue weighted by Gasteiger charge is 2.39. The molecule has 0 aromatic heterocycles. The van der Waals surface area contributed by atoms with E-state index in [0.29, 0.717) is 55.7 Å². The summed E-state index contributed by atoms with van der Waals surface area (Å²) in [5.74, 6) is 0.779. The number of rotatable bonds is 14. The molecule has 2 N–H and O–H groups in total. The number of nitrogens with one attached hydrogen (secondary N) is 2. The summed E-state index contributed by atoms with van der Waals surface area (Å²) in [6, 6.07) is 13.8. The van der Waals surface area contributed by atoms with Crippen LogP contribution in [0.4, 0.5) is 11.4 Å². The van der Waals surface area contributed by atoms with Crippen LogP contribution in [-0.2, 0) is 31.9 Å². The van der Waals surface area contributed by atoms with Crippen molar-refractivity contribution in [2.24, 2.45) is 21.8 Å². The second kappa shape index (κ2) is 19.8. The van der Waals surface area contributed by atoms with Gasteiger partial charge >= 0.3 is 0 Å². The fourth-order valence-electron chi connectivity index (χ4n) is 9.81. The van der Waals surface area contributed by atoms with Crippen molar-refractivity contribution in [2.45, 2.75) is 87.7 Å². The minimum absolute atomic E-state index is 0.0972. The second-order valence-corrected chi connectivity index (χ2v) is 18.8. The molecule has 1 aliphatic carbocycles. The lowest BCUT2D eigenvalue weighted by Gasteiger charge is -2.40. The zero-order chi connectivity index (χ0) is 42.3. The van der Waals surface area contributed by atoms with Gasteiger partial charge in [-0.15, -0.1) is 0 Å². The van der Waals surface area contributed by atoms with Crippen LogP contribution in [-0.4, -0.2) is 126 Å². The van der Waals surface area contributed by atoms with E-state index in [1.165, 1.54) is 25.7 Å². The van der Waals surface area contributed by atoms with E-state index >= 15 is 0 Å². The minimum Gasteiger partial charge on any atom is -0.372 e. The number of benzene rings is 2. The lowest BCUT2D eigenvalue weighted by molar-refractivity contribution is -0.136. The highest BCUT2D eigenvalue weighted by Crippen LogP contribution is 2.33. The van der Waals surface area contributed by atoms with Crippen molar-refractivity contribution in [2.75, 3.05) is 68.7 Å². The Morgan fingerprint density at radius 3 is 2.33 bits per heavy atom. The van der Waals surface area contributed by atoms with E-state index in [1.54, 1.807) is 11.1 Å². The minimum atomic E-state index is -1.26. The molecule has 61 heavy (non-hydrogen) atoms. The molecular weight excluding hydrogens is 791 g/mol. The van der Waals surface area contributed by atoms with Crippen molar-refractivity contribution in [3.63, 3.8) is 0 Å². The summed E-state index contributed by atoms with van der Waals surface area (Å²) < 4.78 is 15.9. The highest BCUT2D eigenvalue weighted by atomic mass is 32.2. The molecule has 324 valence electrons. The van der Waals surface area contributed by atoms with Gasteiger partial charge in [0.05, 0.1) is 10.9 Å². The molecule has 2 unspecified atom stereocenters. The number of piperidine rings is 3. The number of aliphatic imine (C=N–C) groups is 2. The van der Waals surface area contributed by atoms with Crippen molar-refractivity contribution in [3.05, 3.63) is 77.1 Å². The first-order chi connectivity index (χ1) is 29.8. The van der Waals surface area contributed by atoms with Crippen LogP contribution in [0.1, 0.15) is 80.1 Å². The van der Waals surface area contributed by atoms with Gasteiger partial charge in [0.25, 0.3) is 5.91 Å². The molecular formula is C46H59N9O5S. The molecule has 6 aliphatic rings. The van der Waals surface area contributed by atoms with Gasteiger partial charge in [-0.2, -0.15) is 0 Å². The van der Waals surface area contributed by atoms with Gasteiger partial charge < -0.3 is 20.0 Å². The molecule has 0 spiro atoms. The number of nitrogens with zero attached hydrogens (tertiary/aromatic N) is 7. The first-order valence-electron chi connectivity index (χ1n) is 22.2. The molecule has 4 saturated heterocycles. The molecule has 5 heterocycles. The maximum atomic E-state index is 13.8. The molecule has 8 rings (SSSR count). The van der Waals surface area contributed by atoms with Crippen molar-refractivity contribution in [1.29, 1.82) is 0 Å². The Morgan fingerprint density at radius 2 is 1.61 bits per heavy atom. The van der Waals surface area contributed by atoms with Crippen molar-refractivity contribution < 1.29 is 23.4 Å². The van der Waals surface area contributed by atoms with Gasteiger partial charge in [0.2, 0.25) is 18.2 Å². The van der Waals surface area contributed by atoms with Gasteiger partial charge in [0.1, 0.15) is 22.8 Å². The Bertz CT molecular complexity index is 2080. The van der Waals surface area contributed by atoms with Gasteiger partial charge in [-0.3, -0.25) is 34.4 Å². The van der Waals surface area contributed by atoms with Crippen LogP contribution in [0.15, 0.2) is 80.9 Å². The van der Waals surface area contributed by atoms with Gasteiger partial charge in [0.15, 0.2) is 0 Å². The third-order valence-electron chi connectivity index (χ3n) is 13.4. The molecule has 5 aliphatic heterocycles. The van der Waals surface area contributed by atoms with Gasteiger partial charge in [0, 0.05) is 101 Å². The number of carbonyl (C=O) groups excluding carboxylic acids is 4. The number of hydrogen-bond acceptors (Lipinski definition) is 10. The summed E-state index contributed by atoms with van der Waals surface area (Å²) in [6.07, 6.45) is 15.9. The molecule has 2 aromatic carbocycles. The molecule has 14 nitrogen and oxygen atoms in total. The van der Waals surface area contributed by atoms with E-state index in [2.05, 4.69) is 65.6 Å². The van der Waals surface area contributed by atoms with Crippen molar-refractivity contribution in [1.82, 2.24) is 24.7 Å². The quantitative estimate of drug-likeness (QED) is 0.123. The summed E-state index contributed by atoms with van der Waals surface area (Å²) in [5, 5.41) is 5.04. The topological polar surface area (TPSA) is 150 Å². The number of piperazine rings is 1. The van der Waals surface area contributed by atoms with Crippen LogP contribution in [0.3, 0.4) is 0 Å². The molecule has 1 saturated carbocycles. The van der Waals surface area contributed by atoms with Crippen molar-refractivity contribution in [3.8, 4) is 0 Å². The Morgan fingerprint density at radius 1 is 0.869 bits per heavy atom. The third kappa shape index (κ3) is 10.2. The van der Waals surface area contributed by atoms with Gasteiger partial charge in [-0.05, 0) is 105 Å². The lowest BCUT2D eigenvalue weighted by atomic mass is 9.95. The molecule has 2 atom stereocenters. The summed E-state index contributed by atoms with van der Waals surface area (Å²) in [5.41, 5.74) is 4.59. The molecule has 4 amide bonds. The van der Waals surface area contributed by atoms with E-state index in [-0.39, 0.29) is 30.2 Å². The molecule has 0 radical (unpaired) electrons. The molecule has 5 fully saturated rings. The number of hydrogen-bond donors (Lipinski definition) is 2. The number of allylic oxidation sites excluding steroid dienone is 3. The Balaban J connectivity index is 0.776. The van der Waals surface area contributed by atoms with Crippen LogP contribution >= 0.6 is 0 Å². The van der Waals surface area contributed by atoms with E-state index in [0.717, 1.165) is 98.9 Å². The van der Waals surface area contributed by atoms with Gasteiger partial charge in [-0.25, -0.2) is 13.5 Å². The van der Waals surface area contributed by atoms with Crippen LogP contribution in [0.25, 0.3) is 0 Å². The Hall–Kier alpha value is -4.99. The summed E-state index contributed by atoms with van der Waals surface area (Å²) in [4.78, 5) is 67.3. The number of imide groups is 1. The lowest BCUT2D eigenvalue weighted by Crippen LogP contribution is -2.52. The summed E-state index contributed by atoms with van der Waals surface area (Å²) in [7, 11) is -1.26. The fourth-order valence-corrected chi connectivity index (χ4v) is 11.1. The average Bonchev–Trinajstić information content (AvgIpc) is 3.93. The average molecular weight is 850 g/mol. The van der Waals surface area contributed by atoms with Crippen LogP contribution < -0.4 is 20.4 Å². The molecule has 15 heteroatoms. The Labute approximate surface area is 361 Å². The normalized spacial score (nSPS) is 23.8. The number of anilines is 2. The van der Waals surface area contributed by atoms with Crippen molar-refractivity contribution >= 4 is 59.4 Å². The highest BCUT2D eigenvalue weighted by molar-refractivity contribution is 7.82. The zero-order valence-electron chi connectivity index (χ0n) is 35.1. The van der Waals surface area contributed by atoms with E-state index in [1.807, 2.05) is 30.3 Å². The number of fused-ring (bicyclic) bond motifs is 1. The maximum absolute atomic E-state index is 13.8. The Kier molecular flexibility index (Phi) is 13.9. The van der Waals surface area contributed by atoms with Crippen LogP contribution in [0.2, 0.25) is 0 Å². The summed E-state index contributed by atoms with van der Waals surface area (Å²) >= 11 is 0.